The zero-order valence-electron chi connectivity index (χ0n) is 13.1. The number of rotatable bonds is 2. The molecule has 2 unspecified atom stereocenters. The standard InChI is InChI=1S/C16H32N2/c1-13-9-14(2,3)11-16(10-13,12-17)18-8-6-7-15(18,4)5/h13H,6-12,17H2,1-5H3. The molecule has 18 heavy (non-hydrogen) atoms. The molecule has 0 spiro atoms. The van der Waals surface area contributed by atoms with Crippen LogP contribution in [-0.4, -0.2) is 29.1 Å². The van der Waals surface area contributed by atoms with Crippen LogP contribution in [0.1, 0.15) is 66.7 Å². The largest absolute Gasteiger partial charge is 0.329 e. The van der Waals surface area contributed by atoms with Crippen LogP contribution in [0.4, 0.5) is 0 Å². The summed E-state index contributed by atoms with van der Waals surface area (Å²) in [5, 5.41) is 0. The predicted octanol–water partition coefficient (Wildman–Crippen LogP) is 3.40. The molecule has 106 valence electrons. The number of likely N-dealkylation sites (tertiary alicyclic amines) is 1. The Morgan fingerprint density at radius 2 is 1.83 bits per heavy atom. The van der Waals surface area contributed by atoms with Crippen LogP contribution in [0.5, 0.6) is 0 Å². The van der Waals surface area contributed by atoms with E-state index in [0.29, 0.717) is 11.0 Å². The average molecular weight is 252 g/mol. The maximum absolute atomic E-state index is 6.28. The molecule has 0 radical (unpaired) electrons. The van der Waals surface area contributed by atoms with Gasteiger partial charge in [-0.1, -0.05) is 20.8 Å². The first kappa shape index (κ1) is 14.3. The molecule has 2 N–H and O–H groups in total. The van der Waals surface area contributed by atoms with E-state index in [9.17, 15) is 0 Å². The SMILES string of the molecule is CC1CC(C)(C)CC(CN)(N2CCCC2(C)C)C1. The molecule has 0 aromatic rings. The van der Waals surface area contributed by atoms with E-state index in [0.717, 1.165) is 12.5 Å². The monoisotopic (exact) mass is 252 g/mol. The molecular weight excluding hydrogens is 220 g/mol. The van der Waals surface area contributed by atoms with Gasteiger partial charge in [-0.3, -0.25) is 4.90 Å². The fourth-order valence-electron chi connectivity index (χ4n) is 5.16. The highest BCUT2D eigenvalue weighted by Gasteiger charge is 2.50. The number of hydrogen-bond donors (Lipinski definition) is 1. The van der Waals surface area contributed by atoms with Crippen LogP contribution in [0.2, 0.25) is 0 Å². The molecule has 2 aliphatic rings. The second-order valence-corrected chi connectivity index (χ2v) is 8.35. The van der Waals surface area contributed by atoms with Crippen molar-refractivity contribution in [2.75, 3.05) is 13.1 Å². The van der Waals surface area contributed by atoms with Crippen molar-refractivity contribution < 1.29 is 0 Å². The predicted molar refractivity (Wildman–Crippen MR) is 78.6 cm³/mol. The Morgan fingerprint density at radius 3 is 2.28 bits per heavy atom. The topological polar surface area (TPSA) is 29.3 Å². The molecule has 0 amide bonds. The summed E-state index contributed by atoms with van der Waals surface area (Å²) in [5.41, 5.74) is 7.31. The van der Waals surface area contributed by atoms with Gasteiger partial charge in [0.25, 0.3) is 0 Å². The molecule has 2 nitrogen and oxygen atoms in total. The summed E-state index contributed by atoms with van der Waals surface area (Å²) in [4.78, 5) is 2.76. The highest BCUT2D eigenvalue weighted by atomic mass is 15.3. The van der Waals surface area contributed by atoms with Gasteiger partial charge in [-0.2, -0.15) is 0 Å². The summed E-state index contributed by atoms with van der Waals surface area (Å²) < 4.78 is 0. The minimum Gasteiger partial charge on any atom is -0.329 e. The lowest BCUT2D eigenvalue weighted by atomic mass is 9.63. The van der Waals surface area contributed by atoms with Gasteiger partial charge in [0, 0.05) is 17.6 Å². The Balaban J connectivity index is 2.30. The smallest absolute Gasteiger partial charge is 0.0344 e. The van der Waals surface area contributed by atoms with Gasteiger partial charge < -0.3 is 5.73 Å². The molecule has 1 saturated carbocycles. The molecule has 0 aromatic heterocycles. The summed E-state index contributed by atoms with van der Waals surface area (Å²) in [6.07, 6.45) is 6.57. The first-order valence-corrected chi connectivity index (χ1v) is 7.69. The Kier molecular flexibility index (Phi) is 3.57. The van der Waals surface area contributed by atoms with E-state index in [2.05, 4.69) is 39.5 Å². The van der Waals surface area contributed by atoms with Gasteiger partial charge in [-0.05, 0) is 63.8 Å². The third-order valence-electron chi connectivity index (χ3n) is 5.29. The number of nitrogens with two attached hydrogens (primary N) is 1. The van der Waals surface area contributed by atoms with Gasteiger partial charge in [0.05, 0.1) is 0 Å². The zero-order valence-corrected chi connectivity index (χ0v) is 13.1. The Bertz CT molecular complexity index is 308. The average Bonchev–Trinajstić information content (AvgIpc) is 2.55. The second-order valence-electron chi connectivity index (χ2n) is 8.35. The molecule has 1 aliphatic heterocycles. The van der Waals surface area contributed by atoms with Crippen LogP contribution in [0.15, 0.2) is 0 Å². The molecule has 1 saturated heterocycles. The van der Waals surface area contributed by atoms with E-state index in [1.54, 1.807) is 0 Å². The van der Waals surface area contributed by atoms with E-state index in [4.69, 9.17) is 5.73 Å². The van der Waals surface area contributed by atoms with Crippen LogP contribution in [0.25, 0.3) is 0 Å². The van der Waals surface area contributed by atoms with Crippen molar-refractivity contribution in [3.63, 3.8) is 0 Å². The third-order valence-corrected chi connectivity index (χ3v) is 5.29. The van der Waals surface area contributed by atoms with Crippen molar-refractivity contribution in [2.45, 2.75) is 77.8 Å². The Hall–Kier alpha value is -0.0800. The van der Waals surface area contributed by atoms with E-state index < -0.39 is 0 Å². The lowest BCUT2D eigenvalue weighted by Crippen LogP contribution is -2.62. The van der Waals surface area contributed by atoms with Crippen molar-refractivity contribution >= 4 is 0 Å². The lowest BCUT2D eigenvalue weighted by molar-refractivity contribution is -0.0431. The van der Waals surface area contributed by atoms with Crippen molar-refractivity contribution in [3.8, 4) is 0 Å². The van der Waals surface area contributed by atoms with Gasteiger partial charge in [0.2, 0.25) is 0 Å². The summed E-state index contributed by atoms with van der Waals surface area (Å²) in [6.45, 7) is 14.1. The normalized spacial score (nSPS) is 40.0. The molecule has 1 aliphatic carbocycles. The van der Waals surface area contributed by atoms with E-state index in [1.807, 2.05) is 0 Å². The highest BCUT2D eigenvalue weighted by Crippen LogP contribution is 2.49. The Labute approximate surface area is 113 Å². The minimum atomic E-state index is 0.251. The fourth-order valence-corrected chi connectivity index (χ4v) is 5.16. The quantitative estimate of drug-likeness (QED) is 0.816. The lowest BCUT2D eigenvalue weighted by Gasteiger charge is -2.55. The van der Waals surface area contributed by atoms with E-state index in [-0.39, 0.29) is 5.54 Å². The zero-order chi connectivity index (χ0) is 13.6. The van der Waals surface area contributed by atoms with Gasteiger partial charge in [0.1, 0.15) is 0 Å². The van der Waals surface area contributed by atoms with Crippen molar-refractivity contribution in [3.05, 3.63) is 0 Å². The maximum Gasteiger partial charge on any atom is 0.0344 e. The van der Waals surface area contributed by atoms with Crippen molar-refractivity contribution in [1.29, 1.82) is 0 Å². The second kappa shape index (κ2) is 4.49. The molecule has 2 atom stereocenters. The highest BCUT2D eigenvalue weighted by molar-refractivity contribution is 5.06. The van der Waals surface area contributed by atoms with Crippen molar-refractivity contribution in [1.82, 2.24) is 4.90 Å². The fraction of sp³-hybridized carbons (Fsp3) is 1.00. The summed E-state index contributed by atoms with van der Waals surface area (Å²) >= 11 is 0. The van der Waals surface area contributed by atoms with Crippen LogP contribution < -0.4 is 5.73 Å². The molecule has 1 heterocycles. The molecule has 0 bridgehead atoms. The minimum absolute atomic E-state index is 0.251. The van der Waals surface area contributed by atoms with Crippen LogP contribution in [-0.2, 0) is 0 Å². The van der Waals surface area contributed by atoms with Crippen LogP contribution in [0.3, 0.4) is 0 Å². The van der Waals surface area contributed by atoms with Crippen LogP contribution >= 0.6 is 0 Å². The summed E-state index contributed by atoms with van der Waals surface area (Å²) in [7, 11) is 0. The van der Waals surface area contributed by atoms with Gasteiger partial charge in [-0.15, -0.1) is 0 Å². The first-order valence-electron chi connectivity index (χ1n) is 7.69. The molecular formula is C16H32N2. The molecule has 0 aromatic carbocycles. The van der Waals surface area contributed by atoms with E-state index >= 15 is 0 Å². The maximum atomic E-state index is 6.28. The summed E-state index contributed by atoms with van der Waals surface area (Å²) in [6, 6.07) is 0. The van der Waals surface area contributed by atoms with Gasteiger partial charge in [-0.25, -0.2) is 0 Å². The van der Waals surface area contributed by atoms with Gasteiger partial charge >= 0.3 is 0 Å². The molecule has 2 fully saturated rings. The first-order chi connectivity index (χ1) is 8.21. The molecule has 2 rings (SSSR count). The van der Waals surface area contributed by atoms with Crippen molar-refractivity contribution in [2.24, 2.45) is 17.1 Å². The van der Waals surface area contributed by atoms with Gasteiger partial charge in [0.15, 0.2) is 0 Å². The number of nitrogens with zero attached hydrogens (tertiary/aromatic N) is 1. The van der Waals surface area contributed by atoms with Crippen LogP contribution in [0, 0.1) is 11.3 Å². The van der Waals surface area contributed by atoms with E-state index in [1.165, 1.54) is 38.6 Å². The molecule has 2 heteroatoms. The summed E-state index contributed by atoms with van der Waals surface area (Å²) in [5.74, 6) is 0.800. The third kappa shape index (κ3) is 2.46. The number of hydrogen-bond acceptors (Lipinski definition) is 2. The Morgan fingerprint density at radius 1 is 1.17 bits per heavy atom.